The van der Waals surface area contributed by atoms with Crippen molar-refractivity contribution in [3.05, 3.63) is 81.4 Å². The molecule has 0 spiro atoms. The molecule has 0 aliphatic carbocycles. The van der Waals surface area contributed by atoms with Crippen LogP contribution in [0.2, 0.25) is 0 Å². The van der Waals surface area contributed by atoms with Crippen LogP contribution in [-0.4, -0.2) is 68.8 Å². The third kappa shape index (κ3) is 8.41. The molecule has 1 aromatic carbocycles. The molecule has 3 aromatic rings. The van der Waals surface area contributed by atoms with E-state index in [1.807, 2.05) is 0 Å². The molecular weight excluding hydrogens is 641 g/mol. The summed E-state index contributed by atoms with van der Waals surface area (Å²) in [4.78, 5) is 66.1. The van der Waals surface area contributed by atoms with E-state index in [-0.39, 0.29) is 6.54 Å². The van der Waals surface area contributed by atoms with Gasteiger partial charge in [0.25, 0.3) is 5.56 Å². The first-order valence-electron chi connectivity index (χ1n) is 11.9. The average Bonchev–Trinajstić information content (AvgIpc) is 3.17. The van der Waals surface area contributed by atoms with Crippen molar-refractivity contribution in [1.29, 1.82) is 0 Å². The molecule has 4 rings (SSSR count). The van der Waals surface area contributed by atoms with Crippen molar-refractivity contribution in [3.8, 4) is 11.1 Å². The van der Waals surface area contributed by atoms with Crippen LogP contribution in [0.1, 0.15) is 11.9 Å². The van der Waals surface area contributed by atoms with E-state index in [4.69, 9.17) is 20.3 Å². The number of aromatic nitrogens is 3. The fourth-order valence-electron chi connectivity index (χ4n) is 4.02. The van der Waals surface area contributed by atoms with Crippen LogP contribution in [0, 0.1) is 0 Å². The molecule has 19 nitrogen and oxygen atoms in total. The molecule has 2 aromatic heterocycles. The minimum Gasteiger partial charge on any atom is -0.399 e. The van der Waals surface area contributed by atoms with Gasteiger partial charge < -0.3 is 40.3 Å². The smallest absolute Gasteiger partial charge is 0.399 e. The van der Waals surface area contributed by atoms with Gasteiger partial charge in [0, 0.05) is 24.1 Å². The second-order valence-electron chi connectivity index (χ2n) is 9.02. The molecule has 1 aliphatic rings. The number of nitrogens with zero attached hydrogens (tertiary/aromatic N) is 3. The Hall–Kier alpha value is -2.86. The zero-order valence-electron chi connectivity index (χ0n) is 21.5. The van der Waals surface area contributed by atoms with E-state index >= 15 is 0 Å². The topological polar surface area (TPSA) is 292 Å². The van der Waals surface area contributed by atoms with Crippen LogP contribution in [-0.2, 0) is 38.1 Å². The third-order valence-corrected chi connectivity index (χ3v) is 9.71. The quantitative estimate of drug-likeness (QED) is 0.102. The molecule has 1 saturated heterocycles. The number of hydrogen-bond acceptors (Lipinski definition) is 13. The van der Waals surface area contributed by atoms with Crippen LogP contribution >= 0.6 is 23.5 Å². The van der Waals surface area contributed by atoms with E-state index < -0.39 is 65.9 Å². The number of ether oxygens (including phenoxy) is 1. The molecule has 0 saturated carbocycles. The second-order valence-corrected chi connectivity index (χ2v) is 13.4. The minimum atomic E-state index is -5.79. The molecule has 43 heavy (non-hydrogen) atoms. The highest BCUT2D eigenvalue weighted by Crippen LogP contribution is 2.66. The molecule has 234 valence electrons. The van der Waals surface area contributed by atoms with Crippen molar-refractivity contribution in [2.75, 3.05) is 12.3 Å². The van der Waals surface area contributed by atoms with Crippen molar-refractivity contribution in [3.63, 3.8) is 0 Å². The molecule has 6 atom stereocenters. The Morgan fingerprint density at radius 3 is 2.23 bits per heavy atom. The van der Waals surface area contributed by atoms with E-state index in [1.54, 1.807) is 36.4 Å². The van der Waals surface area contributed by atoms with Crippen LogP contribution in [0.5, 0.6) is 0 Å². The standard InChI is InChI=1S/C21H25N4O15P3/c22-14-3-1-12(2-4-14)13-5-7-23-15(9-13)10-25-17(26)6-8-24(21(25)29)20-19(28)18(27)16(38-20)11-37-42(33,34)40-43(35,36)39-41(30,31)32/h1-9,16,18-20,27-28H,10-11,22H2,(H,33,34)(H,35,36)(H2,30,31,32)/t16-,18+,19?,20-/m1/s1. The summed E-state index contributed by atoms with van der Waals surface area (Å²) in [6.45, 7) is -1.38. The number of phosphoric ester groups is 1. The summed E-state index contributed by atoms with van der Waals surface area (Å²) in [7, 11) is -17.0. The van der Waals surface area contributed by atoms with E-state index in [0.717, 1.165) is 32.5 Å². The molecule has 0 radical (unpaired) electrons. The molecule has 3 unspecified atom stereocenters. The van der Waals surface area contributed by atoms with Gasteiger partial charge in [-0.05, 0) is 35.4 Å². The second kappa shape index (κ2) is 12.6. The summed E-state index contributed by atoms with van der Waals surface area (Å²) in [6.07, 6.45) is -4.51. The summed E-state index contributed by atoms with van der Waals surface area (Å²) < 4.78 is 52.8. The van der Waals surface area contributed by atoms with Crippen molar-refractivity contribution in [2.24, 2.45) is 0 Å². The number of pyridine rings is 1. The van der Waals surface area contributed by atoms with Crippen LogP contribution in [0.15, 0.2) is 64.4 Å². The molecule has 8 N–H and O–H groups in total. The number of benzene rings is 1. The van der Waals surface area contributed by atoms with Crippen LogP contribution < -0.4 is 17.0 Å². The summed E-state index contributed by atoms with van der Waals surface area (Å²) >= 11 is 0. The maximum Gasteiger partial charge on any atom is 0.490 e. The van der Waals surface area contributed by atoms with Crippen LogP contribution in [0.4, 0.5) is 5.69 Å². The lowest BCUT2D eigenvalue weighted by atomic mass is 10.1. The molecule has 1 aliphatic heterocycles. The number of phosphoric acid groups is 3. The highest BCUT2D eigenvalue weighted by Gasteiger charge is 2.47. The first-order valence-corrected chi connectivity index (χ1v) is 16.4. The van der Waals surface area contributed by atoms with Gasteiger partial charge in [-0.25, -0.2) is 18.5 Å². The minimum absolute atomic E-state index is 0.290. The van der Waals surface area contributed by atoms with Gasteiger partial charge in [0.05, 0.1) is 18.8 Å². The summed E-state index contributed by atoms with van der Waals surface area (Å²) in [5.74, 6) is 0. The lowest BCUT2D eigenvalue weighted by molar-refractivity contribution is -0.0547. The Labute approximate surface area is 240 Å². The fourth-order valence-corrected chi connectivity index (χ4v) is 7.05. The number of nitrogen functional groups attached to an aromatic ring is 1. The van der Waals surface area contributed by atoms with Crippen molar-refractivity contribution < 1.29 is 61.4 Å². The molecule has 3 heterocycles. The van der Waals surface area contributed by atoms with E-state index in [2.05, 4.69) is 18.1 Å². The van der Waals surface area contributed by atoms with Gasteiger partial charge in [-0.15, -0.1) is 0 Å². The van der Waals surface area contributed by atoms with Gasteiger partial charge in [-0.2, -0.15) is 8.62 Å². The molecule has 0 bridgehead atoms. The Morgan fingerprint density at radius 2 is 1.58 bits per heavy atom. The Kier molecular flexibility index (Phi) is 9.71. The van der Waals surface area contributed by atoms with E-state index in [0.29, 0.717) is 11.4 Å². The summed E-state index contributed by atoms with van der Waals surface area (Å²) in [6, 6.07) is 11.3. The van der Waals surface area contributed by atoms with Gasteiger partial charge in [-0.1, -0.05) is 12.1 Å². The van der Waals surface area contributed by atoms with Crippen LogP contribution in [0.3, 0.4) is 0 Å². The third-order valence-electron chi connectivity index (χ3n) is 5.91. The first kappa shape index (κ1) is 33.0. The first-order chi connectivity index (χ1) is 19.9. The zero-order chi connectivity index (χ0) is 31.7. The molecule has 1 fully saturated rings. The maximum absolute atomic E-state index is 13.3. The monoisotopic (exact) mass is 666 g/mol. The number of aliphatic hydroxyl groups is 2. The number of aliphatic hydroxyl groups excluding tert-OH is 2. The SMILES string of the molecule is Nc1ccc(-c2ccnc(Cn3c(=O)ccn([C@@H]4O[C@H](COP(=O)(O)OP(=O)(O)OP(=O)(O)O)[C@H](O)C4O)c3=O)c2)cc1. The Morgan fingerprint density at radius 1 is 0.907 bits per heavy atom. The predicted octanol–water partition coefficient (Wildman–Crippen LogP) is -0.335. The number of anilines is 1. The fraction of sp³-hybridized carbons (Fsp3) is 0.286. The lowest BCUT2D eigenvalue weighted by Crippen LogP contribution is -2.43. The van der Waals surface area contributed by atoms with Crippen molar-refractivity contribution >= 4 is 29.2 Å². The lowest BCUT2D eigenvalue weighted by Gasteiger charge is -2.19. The predicted molar refractivity (Wildman–Crippen MR) is 144 cm³/mol. The van der Waals surface area contributed by atoms with Gasteiger partial charge in [0.1, 0.15) is 18.3 Å². The molecular formula is C21H25N4O15P3. The Bertz CT molecular complexity index is 1740. The van der Waals surface area contributed by atoms with Gasteiger partial charge in [-0.3, -0.25) is 23.4 Å². The highest BCUT2D eigenvalue weighted by atomic mass is 31.3. The molecule has 22 heteroatoms. The number of hydrogen-bond donors (Lipinski definition) is 7. The highest BCUT2D eigenvalue weighted by molar-refractivity contribution is 7.66. The Balaban J connectivity index is 1.50. The van der Waals surface area contributed by atoms with Crippen LogP contribution in [0.25, 0.3) is 11.1 Å². The van der Waals surface area contributed by atoms with Crippen molar-refractivity contribution in [1.82, 2.24) is 14.1 Å². The molecule has 0 amide bonds. The summed E-state index contributed by atoms with van der Waals surface area (Å²) in [5.41, 5.74) is 6.44. The largest absolute Gasteiger partial charge is 0.490 e. The van der Waals surface area contributed by atoms with Crippen molar-refractivity contribution in [2.45, 2.75) is 31.1 Å². The number of rotatable bonds is 11. The summed E-state index contributed by atoms with van der Waals surface area (Å²) in [5, 5.41) is 20.9. The van der Waals surface area contributed by atoms with Gasteiger partial charge >= 0.3 is 29.2 Å². The zero-order valence-corrected chi connectivity index (χ0v) is 24.2. The number of nitrogens with two attached hydrogens (primary N) is 1. The normalized spacial score (nSPS) is 23.5. The van der Waals surface area contributed by atoms with E-state index in [1.165, 1.54) is 6.20 Å². The van der Waals surface area contributed by atoms with Gasteiger partial charge in [0.15, 0.2) is 6.23 Å². The van der Waals surface area contributed by atoms with Gasteiger partial charge in [0.2, 0.25) is 0 Å². The van der Waals surface area contributed by atoms with E-state index in [9.17, 15) is 43.3 Å². The maximum atomic E-state index is 13.3. The average molecular weight is 666 g/mol.